The maximum Gasteiger partial charge on any atom is 0.317 e. The molecule has 0 fully saturated rings. The molecule has 1 aromatic carbocycles. The number of ether oxygens (including phenoxy) is 1. The predicted octanol–water partition coefficient (Wildman–Crippen LogP) is 2.43. The standard InChI is InChI=1S/C12H16ClNO3/c1-8(14(2)7-12(15)16)10-6-9(13)4-5-11(10)17-3/h4-6,8H,7H2,1-3H3,(H,15,16). The van der Waals surface area contributed by atoms with Gasteiger partial charge in [-0.15, -0.1) is 0 Å². The van der Waals surface area contributed by atoms with Gasteiger partial charge in [0.2, 0.25) is 0 Å². The van der Waals surface area contributed by atoms with Gasteiger partial charge in [0.25, 0.3) is 0 Å². The van der Waals surface area contributed by atoms with Crippen LogP contribution in [0.2, 0.25) is 5.02 Å². The van der Waals surface area contributed by atoms with E-state index in [1.165, 1.54) is 0 Å². The molecule has 1 aromatic rings. The van der Waals surface area contributed by atoms with Gasteiger partial charge in [0.05, 0.1) is 13.7 Å². The fourth-order valence-electron chi connectivity index (χ4n) is 1.62. The number of benzene rings is 1. The second-order valence-corrected chi connectivity index (χ2v) is 4.31. The van der Waals surface area contributed by atoms with Crippen LogP contribution in [0.15, 0.2) is 18.2 Å². The molecule has 0 spiro atoms. The van der Waals surface area contributed by atoms with Gasteiger partial charge in [0.15, 0.2) is 0 Å². The van der Waals surface area contributed by atoms with Gasteiger partial charge in [0, 0.05) is 16.6 Å². The van der Waals surface area contributed by atoms with E-state index in [1.807, 2.05) is 6.92 Å². The molecule has 94 valence electrons. The zero-order valence-electron chi connectivity index (χ0n) is 10.1. The van der Waals surface area contributed by atoms with E-state index in [0.717, 1.165) is 5.56 Å². The lowest BCUT2D eigenvalue weighted by atomic mass is 10.1. The van der Waals surface area contributed by atoms with E-state index in [-0.39, 0.29) is 12.6 Å². The minimum atomic E-state index is -0.861. The van der Waals surface area contributed by atoms with E-state index in [4.69, 9.17) is 21.4 Å². The summed E-state index contributed by atoms with van der Waals surface area (Å²) in [4.78, 5) is 12.4. The third kappa shape index (κ3) is 3.61. The van der Waals surface area contributed by atoms with Crippen molar-refractivity contribution in [3.63, 3.8) is 0 Å². The number of rotatable bonds is 5. The van der Waals surface area contributed by atoms with Crippen LogP contribution in [0.5, 0.6) is 5.75 Å². The Balaban J connectivity index is 2.97. The number of carboxylic acid groups (broad SMARTS) is 1. The van der Waals surface area contributed by atoms with E-state index in [1.54, 1.807) is 37.3 Å². The number of halogens is 1. The van der Waals surface area contributed by atoms with Crippen molar-refractivity contribution >= 4 is 17.6 Å². The monoisotopic (exact) mass is 257 g/mol. The molecular formula is C12H16ClNO3. The first-order chi connectivity index (χ1) is 7.95. The minimum absolute atomic E-state index is 0.0309. The number of methoxy groups -OCH3 is 1. The largest absolute Gasteiger partial charge is 0.496 e. The first-order valence-electron chi connectivity index (χ1n) is 5.21. The quantitative estimate of drug-likeness (QED) is 0.880. The Morgan fingerprint density at radius 3 is 2.76 bits per heavy atom. The topological polar surface area (TPSA) is 49.8 Å². The number of aliphatic carboxylic acids is 1. The van der Waals surface area contributed by atoms with E-state index >= 15 is 0 Å². The van der Waals surface area contributed by atoms with Crippen LogP contribution in [0.4, 0.5) is 0 Å². The average molecular weight is 258 g/mol. The summed E-state index contributed by atoms with van der Waals surface area (Å²) in [6.07, 6.45) is 0. The predicted molar refractivity (Wildman–Crippen MR) is 66.7 cm³/mol. The summed E-state index contributed by atoms with van der Waals surface area (Å²) in [7, 11) is 3.33. The third-order valence-corrected chi connectivity index (χ3v) is 2.92. The van der Waals surface area contributed by atoms with Crippen molar-refractivity contribution in [3.05, 3.63) is 28.8 Å². The van der Waals surface area contributed by atoms with Crippen molar-refractivity contribution in [2.45, 2.75) is 13.0 Å². The van der Waals surface area contributed by atoms with Crippen molar-refractivity contribution in [1.82, 2.24) is 4.90 Å². The van der Waals surface area contributed by atoms with Gasteiger partial charge in [-0.3, -0.25) is 9.69 Å². The molecule has 0 aromatic heterocycles. The lowest BCUT2D eigenvalue weighted by Crippen LogP contribution is -2.28. The SMILES string of the molecule is COc1ccc(Cl)cc1C(C)N(C)CC(=O)O. The number of carboxylic acids is 1. The van der Waals surface area contributed by atoms with Crippen LogP contribution in [0.3, 0.4) is 0 Å². The Morgan fingerprint density at radius 1 is 1.59 bits per heavy atom. The van der Waals surface area contributed by atoms with Gasteiger partial charge in [-0.1, -0.05) is 11.6 Å². The van der Waals surface area contributed by atoms with Crippen LogP contribution in [0, 0.1) is 0 Å². The van der Waals surface area contributed by atoms with E-state index in [9.17, 15) is 4.79 Å². The van der Waals surface area contributed by atoms with Crippen LogP contribution in [0.1, 0.15) is 18.5 Å². The second-order valence-electron chi connectivity index (χ2n) is 3.87. The number of nitrogens with zero attached hydrogens (tertiary/aromatic N) is 1. The average Bonchev–Trinajstić information content (AvgIpc) is 2.27. The zero-order chi connectivity index (χ0) is 13.0. The maximum absolute atomic E-state index is 10.7. The highest BCUT2D eigenvalue weighted by Gasteiger charge is 2.18. The molecule has 0 bridgehead atoms. The van der Waals surface area contributed by atoms with Gasteiger partial charge in [-0.2, -0.15) is 0 Å². The highest BCUT2D eigenvalue weighted by atomic mass is 35.5. The number of hydrogen-bond donors (Lipinski definition) is 1. The molecule has 0 saturated carbocycles. The Morgan fingerprint density at radius 2 is 2.24 bits per heavy atom. The smallest absolute Gasteiger partial charge is 0.317 e. The fraction of sp³-hybridized carbons (Fsp3) is 0.417. The first kappa shape index (κ1) is 13.8. The van der Waals surface area contributed by atoms with E-state index in [2.05, 4.69) is 0 Å². The van der Waals surface area contributed by atoms with E-state index < -0.39 is 5.97 Å². The molecule has 0 aliphatic heterocycles. The van der Waals surface area contributed by atoms with Crippen LogP contribution in [-0.4, -0.2) is 36.7 Å². The molecule has 5 heteroatoms. The summed E-state index contributed by atoms with van der Waals surface area (Å²) in [6.45, 7) is 1.88. The molecular weight excluding hydrogens is 242 g/mol. The number of likely N-dealkylation sites (N-methyl/N-ethyl adjacent to an activating group) is 1. The maximum atomic E-state index is 10.7. The van der Waals surface area contributed by atoms with Crippen molar-refractivity contribution in [2.75, 3.05) is 20.7 Å². The second kappa shape index (κ2) is 5.89. The molecule has 0 radical (unpaired) electrons. The van der Waals surface area contributed by atoms with Crippen molar-refractivity contribution in [2.24, 2.45) is 0 Å². The fourth-order valence-corrected chi connectivity index (χ4v) is 1.80. The highest BCUT2D eigenvalue weighted by molar-refractivity contribution is 6.30. The van der Waals surface area contributed by atoms with Crippen LogP contribution < -0.4 is 4.74 Å². The van der Waals surface area contributed by atoms with Gasteiger partial charge in [-0.05, 0) is 32.2 Å². The first-order valence-corrected chi connectivity index (χ1v) is 5.59. The van der Waals surface area contributed by atoms with Crippen molar-refractivity contribution in [3.8, 4) is 5.75 Å². The van der Waals surface area contributed by atoms with Gasteiger partial charge >= 0.3 is 5.97 Å². The Kier molecular flexibility index (Phi) is 4.78. The summed E-state index contributed by atoms with van der Waals surface area (Å²) in [5.41, 5.74) is 0.878. The highest BCUT2D eigenvalue weighted by Crippen LogP contribution is 2.30. The molecule has 1 rings (SSSR count). The summed E-state index contributed by atoms with van der Waals surface area (Å²) in [6, 6.07) is 5.24. The molecule has 1 N–H and O–H groups in total. The minimum Gasteiger partial charge on any atom is -0.496 e. The van der Waals surface area contributed by atoms with Crippen LogP contribution in [0.25, 0.3) is 0 Å². The van der Waals surface area contributed by atoms with Gasteiger partial charge in [-0.25, -0.2) is 0 Å². The molecule has 4 nitrogen and oxygen atoms in total. The molecule has 0 aliphatic rings. The Hall–Kier alpha value is -1.26. The molecule has 0 aliphatic carbocycles. The number of hydrogen-bond acceptors (Lipinski definition) is 3. The Labute approximate surface area is 106 Å². The van der Waals surface area contributed by atoms with Crippen LogP contribution in [-0.2, 0) is 4.79 Å². The number of carbonyl (C=O) groups is 1. The van der Waals surface area contributed by atoms with Crippen LogP contribution >= 0.6 is 11.6 Å². The summed E-state index contributed by atoms with van der Waals surface area (Å²) in [5.74, 6) is -0.153. The molecule has 0 amide bonds. The molecule has 0 heterocycles. The summed E-state index contributed by atoms with van der Waals surface area (Å²) >= 11 is 5.94. The summed E-state index contributed by atoms with van der Waals surface area (Å²) < 4.78 is 5.24. The lowest BCUT2D eigenvalue weighted by molar-refractivity contribution is -0.138. The van der Waals surface area contributed by atoms with Gasteiger partial charge < -0.3 is 9.84 Å². The van der Waals surface area contributed by atoms with Crippen molar-refractivity contribution in [1.29, 1.82) is 0 Å². The molecule has 1 unspecified atom stereocenters. The molecule has 1 atom stereocenters. The van der Waals surface area contributed by atoms with Crippen molar-refractivity contribution < 1.29 is 14.6 Å². The zero-order valence-corrected chi connectivity index (χ0v) is 10.9. The van der Waals surface area contributed by atoms with Gasteiger partial charge in [0.1, 0.15) is 5.75 Å². The normalized spacial score (nSPS) is 12.5. The lowest BCUT2D eigenvalue weighted by Gasteiger charge is -2.24. The van der Waals surface area contributed by atoms with E-state index in [0.29, 0.717) is 10.8 Å². The molecule has 17 heavy (non-hydrogen) atoms. The molecule has 0 saturated heterocycles. The Bertz CT molecular complexity index is 409. The third-order valence-electron chi connectivity index (χ3n) is 2.69. The summed E-state index contributed by atoms with van der Waals surface area (Å²) in [5, 5.41) is 9.37.